The van der Waals surface area contributed by atoms with E-state index in [9.17, 15) is 9.59 Å². The molecule has 2 fully saturated rings. The van der Waals surface area contributed by atoms with E-state index in [0.29, 0.717) is 15.6 Å². The van der Waals surface area contributed by atoms with Gasteiger partial charge in [-0.2, -0.15) is 6.92 Å². The second kappa shape index (κ2) is 12.5. The molecular formula is C13H20O2S2Y2-2. The summed E-state index contributed by atoms with van der Waals surface area (Å²) in [5.74, 6) is 1.05. The normalized spacial score (nSPS) is 24.9. The van der Waals surface area contributed by atoms with Gasteiger partial charge in [0.2, 0.25) is 0 Å². The fourth-order valence-corrected chi connectivity index (χ4v) is 3.65. The van der Waals surface area contributed by atoms with Crippen molar-refractivity contribution in [1.29, 1.82) is 0 Å². The molecule has 2 heterocycles. The van der Waals surface area contributed by atoms with Gasteiger partial charge in [-0.3, -0.25) is 0 Å². The molecule has 2 rings (SSSR count). The Kier molecular flexibility index (Phi) is 15.3. The van der Waals surface area contributed by atoms with Crippen LogP contribution in [-0.2, 0) is 75.0 Å². The third-order valence-corrected chi connectivity index (χ3v) is 5.55. The van der Waals surface area contributed by atoms with Gasteiger partial charge in [0, 0.05) is 65.4 Å². The van der Waals surface area contributed by atoms with Crippen molar-refractivity contribution < 1.29 is 75.0 Å². The molecule has 2 aliphatic heterocycles. The molecule has 6 heteroatoms. The van der Waals surface area contributed by atoms with E-state index in [0.717, 1.165) is 31.6 Å². The average Bonchev–Trinajstić information content (AvgIpc) is 2.87. The zero-order chi connectivity index (χ0) is 12.8. The number of rotatable bonds is 2. The van der Waals surface area contributed by atoms with Gasteiger partial charge in [0.05, 0.1) is 10.2 Å². The fraction of sp³-hybridized carbons (Fsp3) is 0.692. The minimum Gasteiger partial charge on any atom is -0.322 e. The molecule has 2 nitrogen and oxygen atoms in total. The maximum atomic E-state index is 10.9. The van der Waals surface area contributed by atoms with Crippen LogP contribution < -0.4 is 0 Å². The maximum absolute atomic E-state index is 10.9. The molecule has 0 amide bonds. The molecule has 2 atom stereocenters. The first-order valence-electron chi connectivity index (χ1n) is 6.14. The predicted octanol–water partition coefficient (Wildman–Crippen LogP) is 3.65. The molecule has 0 N–H and O–H groups in total. The van der Waals surface area contributed by atoms with Gasteiger partial charge in [-0.25, -0.2) is 0 Å². The summed E-state index contributed by atoms with van der Waals surface area (Å²) in [6.45, 7) is 6.18. The van der Waals surface area contributed by atoms with Crippen molar-refractivity contribution in [3.8, 4) is 0 Å². The van der Waals surface area contributed by atoms with E-state index in [1.807, 2.05) is 6.92 Å². The number of carbonyl (C=O) groups excluding carboxylic acids is 2. The minimum atomic E-state index is 0. The summed E-state index contributed by atoms with van der Waals surface area (Å²) >= 11 is 2.97. The largest absolute Gasteiger partial charge is 0.322 e. The number of thioether (sulfide) groups is 2. The zero-order valence-corrected chi connectivity index (χ0v) is 19.2. The van der Waals surface area contributed by atoms with Crippen LogP contribution >= 0.6 is 23.5 Å². The fourth-order valence-electron chi connectivity index (χ4n) is 1.68. The molecule has 0 aromatic carbocycles. The maximum Gasteiger partial charge on any atom is 0.0571 e. The zero-order valence-electron chi connectivity index (χ0n) is 11.8. The first kappa shape index (κ1) is 23.3. The topological polar surface area (TPSA) is 34.1 Å². The molecule has 0 spiro atoms. The van der Waals surface area contributed by atoms with Crippen LogP contribution in [0, 0.1) is 12.3 Å². The van der Waals surface area contributed by atoms with Crippen molar-refractivity contribution in [1.82, 2.24) is 0 Å². The van der Waals surface area contributed by atoms with Gasteiger partial charge >= 0.3 is 0 Å². The van der Waals surface area contributed by atoms with Crippen molar-refractivity contribution in [3.05, 3.63) is 12.3 Å². The van der Waals surface area contributed by atoms with Crippen LogP contribution in [0.5, 0.6) is 0 Å². The van der Waals surface area contributed by atoms with Gasteiger partial charge in [0.15, 0.2) is 0 Å². The van der Waals surface area contributed by atoms with Gasteiger partial charge in [-0.1, -0.05) is 13.8 Å². The summed E-state index contributed by atoms with van der Waals surface area (Å²) in [5.41, 5.74) is 0. The minimum absolute atomic E-state index is 0. The summed E-state index contributed by atoms with van der Waals surface area (Å²) in [6, 6.07) is 0. The molecule has 19 heavy (non-hydrogen) atoms. The smallest absolute Gasteiger partial charge is 0.0571 e. The molecule has 2 saturated heterocycles. The summed E-state index contributed by atoms with van der Waals surface area (Å²) in [4.78, 5) is 21.4. The molecule has 2 aliphatic rings. The Balaban J connectivity index is 0. The van der Waals surface area contributed by atoms with Crippen molar-refractivity contribution >= 4 is 33.8 Å². The summed E-state index contributed by atoms with van der Waals surface area (Å²) in [7, 11) is 0. The first-order chi connectivity index (χ1) is 8.06. The average molecular weight is 450 g/mol. The summed E-state index contributed by atoms with van der Waals surface area (Å²) in [6.07, 6.45) is 6.01. The van der Waals surface area contributed by atoms with Gasteiger partial charge in [0.1, 0.15) is 0 Å². The third kappa shape index (κ3) is 8.88. The van der Waals surface area contributed by atoms with Crippen LogP contribution in [0.15, 0.2) is 0 Å². The molecule has 2 radical (unpaired) electrons. The Morgan fingerprint density at radius 3 is 1.95 bits per heavy atom. The van der Waals surface area contributed by atoms with Crippen molar-refractivity contribution in [2.24, 2.45) is 0 Å². The predicted molar refractivity (Wildman–Crippen MR) is 75.8 cm³/mol. The van der Waals surface area contributed by atoms with E-state index >= 15 is 0 Å². The second-order valence-corrected chi connectivity index (χ2v) is 6.90. The molecule has 0 aromatic heterocycles. The van der Waals surface area contributed by atoms with Crippen molar-refractivity contribution in [3.63, 3.8) is 0 Å². The summed E-state index contributed by atoms with van der Waals surface area (Å²) < 4.78 is 0. The number of hydrogen-bond donors (Lipinski definition) is 0. The Morgan fingerprint density at radius 1 is 1.16 bits per heavy atom. The molecule has 0 saturated carbocycles. The van der Waals surface area contributed by atoms with Crippen LogP contribution in [0.1, 0.15) is 46.5 Å². The van der Waals surface area contributed by atoms with Gasteiger partial charge < -0.3 is 21.9 Å². The Morgan fingerprint density at radius 2 is 1.74 bits per heavy atom. The number of carbonyl (C=O) groups is 2. The van der Waals surface area contributed by atoms with Crippen molar-refractivity contribution in [2.45, 2.75) is 57.0 Å². The van der Waals surface area contributed by atoms with E-state index in [4.69, 9.17) is 0 Å². The second-order valence-electron chi connectivity index (χ2n) is 4.33. The van der Waals surface area contributed by atoms with Gasteiger partial charge in [-0.05, 0) is 23.3 Å². The van der Waals surface area contributed by atoms with E-state index in [1.54, 1.807) is 6.42 Å². The first-order valence-corrected chi connectivity index (χ1v) is 7.89. The number of hydrogen-bond acceptors (Lipinski definition) is 4. The Hall–Kier alpha value is 1.99. The SMILES string of the molecule is CCC1C[C-](C)C(=O)S1.CCC1C[CH-]C(=O)S1.[Y].[Y]. The van der Waals surface area contributed by atoms with Crippen LogP contribution in [-0.4, -0.2) is 20.7 Å². The van der Waals surface area contributed by atoms with Crippen LogP contribution in [0.2, 0.25) is 0 Å². The van der Waals surface area contributed by atoms with E-state index in [1.165, 1.54) is 23.5 Å². The molecule has 2 unspecified atom stereocenters. The molecule has 0 aromatic rings. The Bertz CT molecular complexity index is 288. The molecular weight excluding hydrogens is 430 g/mol. The van der Waals surface area contributed by atoms with Crippen LogP contribution in [0.4, 0.5) is 0 Å². The van der Waals surface area contributed by atoms with Crippen LogP contribution in [0.3, 0.4) is 0 Å². The van der Waals surface area contributed by atoms with Crippen LogP contribution in [0.25, 0.3) is 0 Å². The Labute approximate surface area is 175 Å². The molecule has 0 aliphatic carbocycles. The van der Waals surface area contributed by atoms with Gasteiger partial charge in [0.25, 0.3) is 0 Å². The van der Waals surface area contributed by atoms with E-state index < -0.39 is 0 Å². The van der Waals surface area contributed by atoms with Gasteiger partial charge in [-0.15, -0.1) is 36.4 Å². The van der Waals surface area contributed by atoms with Crippen molar-refractivity contribution in [2.75, 3.05) is 0 Å². The summed E-state index contributed by atoms with van der Waals surface area (Å²) in [5, 5.41) is 1.73. The van der Waals surface area contributed by atoms with E-state index in [2.05, 4.69) is 13.8 Å². The monoisotopic (exact) mass is 450 g/mol. The molecule has 0 bridgehead atoms. The molecule has 104 valence electrons. The standard InChI is InChI=1S/C7H11OS.C6H9OS.2Y/c1-3-6-4-5(2)7(8)9-6;1-2-5-3-4-6(7)8-5;;/h6H,3-4H2,1-2H3;4-5H,2-3H2,1H3;;/q2*-1;;. The quantitative estimate of drug-likeness (QED) is 0.602. The van der Waals surface area contributed by atoms with E-state index in [-0.39, 0.29) is 70.5 Å². The third-order valence-electron chi connectivity index (χ3n) is 2.90.